The molecule has 0 heterocycles. The van der Waals surface area contributed by atoms with Crippen LogP contribution in [0, 0.1) is 13.8 Å². The highest BCUT2D eigenvalue weighted by Crippen LogP contribution is 2.24. The number of benzene rings is 2. The lowest BCUT2D eigenvalue weighted by Crippen LogP contribution is -2.35. The fourth-order valence-corrected chi connectivity index (χ4v) is 2.85. The lowest BCUT2D eigenvalue weighted by atomic mass is 10.0. The molecule has 0 radical (unpaired) electrons. The SMILES string of the molecule is CCCCN(C)C(C(=O)Nc1cc(C)ccc1C)c1ccccc1. The summed E-state index contributed by atoms with van der Waals surface area (Å²) in [7, 11) is 2.02. The van der Waals surface area contributed by atoms with Gasteiger partial charge in [0.1, 0.15) is 6.04 Å². The van der Waals surface area contributed by atoms with E-state index in [0.29, 0.717) is 0 Å². The molecule has 0 saturated carbocycles. The van der Waals surface area contributed by atoms with Gasteiger partial charge in [0.15, 0.2) is 0 Å². The lowest BCUT2D eigenvalue weighted by Gasteiger charge is -2.28. The van der Waals surface area contributed by atoms with Crippen molar-refractivity contribution >= 4 is 11.6 Å². The van der Waals surface area contributed by atoms with Crippen LogP contribution in [0.1, 0.15) is 42.5 Å². The summed E-state index contributed by atoms with van der Waals surface area (Å²) in [5.41, 5.74) is 4.15. The first-order valence-corrected chi connectivity index (χ1v) is 8.66. The Morgan fingerprint density at radius 1 is 1.12 bits per heavy atom. The van der Waals surface area contributed by atoms with Gasteiger partial charge in [0, 0.05) is 5.69 Å². The summed E-state index contributed by atoms with van der Waals surface area (Å²) < 4.78 is 0. The van der Waals surface area contributed by atoms with Gasteiger partial charge in [-0.05, 0) is 56.6 Å². The molecule has 3 nitrogen and oxygen atoms in total. The number of likely N-dealkylation sites (N-methyl/N-ethyl adjacent to an activating group) is 1. The second-order valence-electron chi connectivity index (χ2n) is 6.46. The molecule has 0 aliphatic heterocycles. The highest BCUT2D eigenvalue weighted by Gasteiger charge is 2.25. The van der Waals surface area contributed by atoms with Crippen molar-refractivity contribution in [1.29, 1.82) is 0 Å². The van der Waals surface area contributed by atoms with Gasteiger partial charge in [-0.3, -0.25) is 9.69 Å². The average Bonchev–Trinajstić information content (AvgIpc) is 2.57. The molecule has 2 aromatic rings. The van der Waals surface area contributed by atoms with Crippen LogP contribution in [-0.4, -0.2) is 24.4 Å². The largest absolute Gasteiger partial charge is 0.324 e. The zero-order valence-corrected chi connectivity index (χ0v) is 15.2. The van der Waals surface area contributed by atoms with Crippen LogP contribution < -0.4 is 5.32 Å². The topological polar surface area (TPSA) is 32.3 Å². The van der Waals surface area contributed by atoms with E-state index in [-0.39, 0.29) is 11.9 Å². The fourth-order valence-electron chi connectivity index (χ4n) is 2.85. The number of unbranched alkanes of at least 4 members (excludes halogenated alkanes) is 1. The quantitative estimate of drug-likeness (QED) is 0.799. The van der Waals surface area contributed by atoms with E-state index in [2.05, 4.69) is 23.2 Å². The van der Waals surface area contributed by atoms with E-state index in [1.165, 1.54) is 0 Å². The Hall–Kier alpha value is -2.13. The summed E-state index contributed by atoms with van der Waals surface area (Å²) in [5.74, 6) is 0.0218. The van der Waals surface area contributed by atoms with Gasteiger partial charge >= 0.3 is 0 Å². The van der Waals surface area contributed by atoms with Gasteiger partial charge < -0.3 is 5.32 Å². The van der Waals surface area contributed by atoms with Crippen molar-refractivity contribution in [2.24, 2.45) is 0 Å². The zero-order valence-electron chi connectivity index (χ0n) is 15.2. The molecule has 0 aliphatic carbocycles. The molecule has 128 valence electrons. The van der Waals surface area contributed by atoms with Crippen LogP contribution in [0.15, 0.2) is 48.5 Å². The van der Waals surface area contributed by atoms with Crippen molar-refractivity contribution in [3.8, 4) is 0 Å². The van der Waals surface area contributed by atoms with Crippen molar-refractivity contribution in [2.75, 3.05) is 18.9 Å². The van der Waals surface area contributed by atoms with E-state index >= 15 is 0 Å². The van der Waals surface area contributed by atoms with Gasteiger partial charge in [-0.1, -0.05) is 55.8 Å². The van der Waals surface area contributed by atoms with Crippen LogP contribution in [0.5, 0.6) is 0 Å². The Balaban J connectivity index is 2.25. The summed E-state index contributed by atoms with van der Waals surface area (Å²) in [4.78, 5) is 15.2. The second-order valence-corrected chi connectivity index (χ2v) is 6.46. The molecule has 0 aliphatic rings. The van der Waals surface area contributed by atoms with Gasteiger partial charge in [-0.25, -0.2) is 0 Å². The van der Waals surface area contributed by atoms with E-state index in [1.807, 2.05) is 63.4 Å². The van der Waals surface area contributed by atoms with Crippen LogP contribution in [0.3, 0.4) is 0 Å². The smallest absolute Gasteiger partial charge is 0.246 e. The third-order valence-corrected chi connectivity index (χ3v) is 4.32. The van der Waals surface area contributed by atoms with Gasteiger partial charge in [0.05, 0.1) is 0 Å². The first kappa shape index (κ1) is 18.2. The van der Waals surface area contributed by atoms with Crippen molar-refractivity contribution in [3.63, 3.8) is 0 Å². The average molecular weight is 324 g/mol. The molecule has 1 N–H and O–H groups in total. The number of hydrogen-bond acceptors (Lipinski definition) is 2. The number of amides is 1. The minimum Gasteiger partial charge on any atom is -0.324 e. The number of hydrogen-bond donors (Lipinski definition) is 1. The Morgan fingerprint density at radius 3 is 2.50 bits per heavy atom. The first-order valence-electron chi connectivity index (χ1n) is 8.66. The molecule has 0 bridgehead atoms. The molecular formula is C21H28N2O. The van der Waals surface area contributed by atoms with Gasteiger partial charge in [0.25, 0.3) is 0 Å². The predicted octanol–water partition coefficient (Wildman–Crippen LogP) is 4.72. The molecule has 0 saturated heterocycles. The van der Waals surface area contributed by atoms with Gasteiger partial charge in [0.2, 0.25) is 5.91 Å². The predicted molar refractivity (Wildman–Crippen MR) is 101 cm³/mol. The summed E-state index contributed by atoms with van der Waals surface area (Å²) in [6.45, 7) is 7.13. The van der Waals surface area contributed by atoms with Crippen molar-refractivity contribution in [3.05, 3.63) is 65.2 Å². The normalized spacial score (nSPS) is 12.2. The van der Waals surface area contributed by atoms with Crippen LogP contribution in [0.2, 0.25) is 0 Å². The molecule has 0 fully saturated rings. The zero-order chi connectivity index (χ0) is 17.5. The van der Waals surface area contributed by atoms with E-state index in [4.69, 9.17) is 0 Å². The maximum absolute atomic E-state index is 13.0. The highest BCUT2D eigenvalue weighted by molar-refractivity contribution is 5.96. The Morgan fingerprint density at radius 2 is 1.83 bits per heavy atom. The second kappa shape index (κ2) is 8.65. The summed E-state index contributed by atoms with van der Waals surface area (Å²) in [6, 6.07) is 15.9. The number of aryl methyl sites for hydroxylation is 2. The van der Waals surface area contributed by atoms with Crippen molar-refractivity contribution in [1.82, 2.24) is 4.90 Å². The standard InChI is InChI=1S/C21H28N2O/c1-5-6-14-23(4)20(18-10-8-7-9-11-18)21(24)22-19-15-16(2)12-13-17(19)3/h7-13,15,20H,5-6,14H2,1-4H3,(H,22,24). The minimum absolute atomic E-state index is 0.0218. The number of rotatable bonds is 7. The number of anilines is 1. The number of carbonyl (C=O) groups is 1. The van der Waals surface area contributed by atoms with Crippen LogP contribution in [-0.2, 0) is 4.79 Å². The number of carbonyl (C=O) groups excluding carboxylic acids is 1. The Bertz CT molecular complexity index is 667. The summed E-state index contributed by atoms with van der Waals surface area (Å²) in [6.07, 6.45) is 2.20. The Kier molecular flexibility index (Phi) is 6.56. The molecule has 24 heavy (non-hydrogen) atoms. The fraction of sp³-hybridized carbons (Fsp3) is 0.381. The molecular weight excluding hydrogens is 296 g/mol. The first-order chi connectivity index (χ1) is 11.5. The van der Waals surface area contributed by atoms with Crippen molar-refractivity contribution < 1.29 is 4.79 Å². The molecule has 2 aromatic carbocycles. The Labute approximate surface area is 145 Å². The lowest BCUT2D eigenvalue weighted by molar-refractivity contribution is -0.121. The third kappa shape index (κ3) is 4.68. The van der Waals surface area contributed by atoms with Crippen molar-refractivity contribution in [2.45, 2.75) is 39.7 Å². The maximum Gasteiger partial charge on any atom is 0.246 e. The van der Waals surface area contributed by atoms with Gasteiger partial charge in [-0.2, -0.15) is 0 Å². The molecule has 3 heteroatoms. The van der Waals surface area contributed by atoms with Crippen LogP contribution in [0.25, 0.3) is 0 Å². The molecule has 0 spiro atoms. The molecule has 1 atom stereocenters. The summed E-state index contributed by atoms with van der Waals surface area (Å²) >= 11 is 0. The molecule has 1 amide bonds. The molecule has 2 rings (SSSR count). The number of nitrogens with one attached hydrogen (secondary N) is 1. The van der Waals surface area contributed by atoms with E-state index in [1.54, 1.807) is 0 Å². The molecule has 1 unspecified atom stereocenters. The third-order valence-electron chi connectivity index (χ3n) is 4.32. The highest BCUT2D eigenvalue weighted by atomic mass is 16.2. The van der Waals surface area contributed by atoms with Crippen LogP contribution in [0.4, 0.5) is 5.69 Å². The maximum atomic E-state index is 13.0. The monoisotopic (exact) mass is 324 g/mol. The van der Waals surface area contributed by atoms with E-state index < -0.39 is 0 Å². The number of nitrogens with zero attached hydrogens (tertiary/aromatic N) is 1. The van der Waals surface area contributed by atoms with E-state index in [9.17, 15) is 4.79 Å². The minimum atomic E-state index is -0.280. The van der Waals surface area contributed by atoms with Crippen LogP contribution >= 0.6 is 0 Å². The summed E-state index contributed by atoms with van der Waals surface area (Å²) in [5, 5.41) is 3.13. The molecule has 0 aromatic heterocycles. The van der Waals surface area contributed by atoms with E-state index in [0.717, 1.165) is 41.8 Å². The van der Waals surface area contributed by atoms with Gasteiger partial charge in [-0.15, -0.1) is 0 Å².